The van der Waals surface area contributed by atoms with Crippen LogP contribution in [0.4, 0.5) is 0 Å². The molecule has 2 N–H and O–H groups in total. The van der Waals surface area contributed by atoms with Gasteiger partial charge < -0.3 is 10.6 Å². The molecular formula is C17H29N3. The van der Waals surface area contributed by atoms with E-state index in [4.69, 9.17) is 5.73 Å². The molecule has 0 aromatic carbocycles. The third kappa shape index (κ3) is 4.29. The van der Waals surface area contributed by atoms with Crippen LogP contribution >= 0.6 is 0 Å². The summed E-state index contributed by atoms with van der Waals surface area (Å²) in [5.41, 5.74) is 8.57. The second kappa shape index (κ2) is 7.19. The molecule has 0 radical (unpaired) electrons. The van der Waals surface area contributed by atoms with Gasteiger partial charge in [-0.3, -0.25) is 4.98 Å². The fraction of sp³-hybridized carbons (Fsp3) is 0.706. The average molecular weight is 275 g/mol. The van der Waals surface area contributed by atoms with Gasteiger partial charge in [0.1, 0.15) is 0 Å². The number of hydrogen-bond donors (Lipinski definition) is 1. The molecule has 0 saturated heterocycles. The highest BCUT2D eigenvalue weighted by molar-refractivity contribution is 5.09. The van der Waals surface area contributed by atoms with Crippen LogP contribution in [0.3, 0.4) is 0 Å². The van der Waals surface area contributed by atoms with Crippen LogP contribution in [0, 0.1) is 18.8 Å². The highest BCUT2D eigenvalue weighted by Gasteiger charge is 2.28. The van der Waals surface area contributed by atoms with Crippen molar-refractivity contribution < 1.29 is 0 Å². The number of hydrogen-bond acceptors (Lipinski definition) is 3. The topological polar surface area (TPSA) is 42.1 Å². The molecular weight excluding hydrogens is 246 g/mol. The van der Waals surface area contributed by atoms with Crippen LogP contribution in [0.1, 0.15) is 44.0 Å². The molecule has 3 heteroatoms. The lowest BCUT2D eigenvalue weighted by molar-refractivity contribution is 0.167. The Hall–Kier alpha value is -0.930. The van der Waals surface area contributed by atoms with Gasteiger partial charge in [-0.05, 0) is 57.2 Å². The number of nitrogens with zero attached hydrogens (tertiary/aromatic N) is 2. The molecule has 112 valence electrons. The Morgan fingerprint density at radius 2 is 2.15 bits per heavy atom. The van der Waals surface area contributed by atoms with E-state index >= 15 is 0 Å². The Morgan fingerprint density at radius 3 is 2.85 bits per heavy atom. The summed E-state index contributed by atoms with van der Waals surface area (Å²) in [7, 11) is 2.19. The maximum atomic E-state index is 6.32. The van der Waals surface area contributed by atoms with Crippen molar-refractivity contribution >= 4 is 0 Å². The summed E-state index contributed by atoms with van der Waals surface area (Å²) in [6, 6.07) is 6.63. The van der Waals surface area contributed by atoms with E-state index in [0.29, 0.717) is 12.0 Å². The fourth-order valence-electron chi connectivity index (χ4n) is 3.39. The van der Waals surface area contributed by atoms with Gasteiger partial charge in [-0.15, -0.1) is 0 Å². The van der Waals surface area contributed by atoms with Gasteiger partial charge >= 0.3 is 0 Å². The molecule has 20 heavy (non-hydrogen) atoms. The summed E-state index contributed by atoms with van der Waals surface area (Å²) >= 11 is 0. The summed E-state index contributed by atoms with van der Waals surface area (Å²) in [5.74, 6) is 1.52. The highest BCUT2D eigenvalue weighted by atomic mass is 15.1. The van der Waals surface area contributed by atoms with E-state index in [0.717, 1.165) is 30.4 Å². The van der Waals surface area contributed by atoms with Gasteiger partial charge in [0.2, 0.25) is 0 Å². The van der Waals surface area contributed by atoms with Crippen LogP contribution in [-0.2, 0) is 6.54 Å². The van der Waals surface area contributed by atoms with E-state index < -0.39 is 0 Å². The van der Waals surface area contributed by atoms with Crippen molar-refractivity contribution in [3.63, 3.8) is 0 Å². The summed E-state index contributed by atoms with van der Waals surface area (Å²) in [6.45, 7) is 6.36. The molecule has 3 atom stereocenters. The zero-order chi connectivity index (χ0) is 14.5. The summed E-state index contributed by atoms with van der Waals surface area (Å²) < 4.78 is 0. The maximum absolute atomic E-state index is 6.32. The molecule has 1 fully saturated rings. The monoisotopic (exact) mass is 275 g/mol. The molecule has 1 saturated carbocycles. The first kappa shape index (κ1) is 15.5. The normalized spacial score (nSPS) is 26.9. The van der Waals surface area contributed by atoms with Gasteiger partial charge in [-0.1, -0.05) is 19.4 Å². The van der Waals surface area contributed by atoms with Crippen molar-refractivity contribution in [1.29, 1.82) is 0 Å². The van der Waals surface area contributed by atoms with Gasteiger partial charge in [0.05, 0.1) is 5.69 Å². The zero-order valence-corrected chi connectivity index (χ0v) is 13.2. The maximum Gasteiger partial charge on any atom is 0.0547 e. The Labute approximate surface area is 123 Å². The van der Waals surface area contributed by atoms with Crippen molar-refractivity contribution in [3.05, 3.63) is 29.6 Å². The van der Waals surface area contributed by atoms with E-state index in [1.807, 2.05) is 13.0 Å². The Morgan fingerprint density at radius 1 is 1.35 bits per heavy atom. The molecule has 0 amide bonds. The molecule has 1 heterocycles. The van der Waals surface area contributed by atoms with Crippen molar-refractivity contribution in [1.82, 2.24) is 9.88 Å². The van der Waals surface area contributed by atoms with Gasteiger partial charge in [0, 0.05) is 24.8 Å². The smallest absolute Gasteiger partial charge is 0.0547 e. The second-order valence-electron chi connectivity index (χ2n) is 6.48. The summed E-state index contributed by atoms with van der Waals surface area (Å²) in [5, 5.41) is 0. The fourth-order valence-corrected chi connectivity index (χ4v) is 3.39. The molecule has 0 spiro atoms. The van der Waals surface area contributed by atoms with Gasteiger partial charge in [-0.2, -0.15) is 0 Å². The molecule has 1 aromatic heterocycles. The van der Waals surface area contributed by atoms with E-state index in [9.17, 15) is 0 Å². The van der Waals surface area contributed by atoms with Gasteiger partial charge in [0.25, 0.3) is 0 Å². The van der Waals surface area contributed by atoms with Crippen LogP contribution in [0.5, 0.6) is 0 Å². The van der Waals surface area contributed by atoms with E-state index in [2.05, 4.69) is 36.0 Å². The van der Waals surface area contributed by atoms with Crippen LogP contribution in [-0.4, -0.2) is 29.5 Å². The molecule has 0 aliphatic heterocycles. The minimum absolute atomic E-state index is 0.380. The number of aryl methyl sites for hydroxylation is 1. The Bertz CT molecular complexity index is 418. The van der Waals surface area contributed by atoms with Crippen LogP contribution in [0.25, 0.3) is 0 Å². The lowest BCUT2D eigenvalue weighted by Crippen LogP contribution is -2.42. The standard InChI is InChI=1S/C17H29N3/c1-4-14-8-9-17(18)15(10-14)11-20(3)12-16-7-5-6-13(2)19-16/h5-7,14-15,17H,4,8-12,18H2,1-3H3. The molecule has 3 nitrogen and oxygen atoms in total. The minimum Gasteiger partial charge on any atom is -0.327 e. The first-order valence-corrected chi connectivity index (χ1v) is 7.95. The van der Waals surface area contributed by atoms with Crippen LogP contribution in [0.15, 0.2) is 18.2 Å². The number of rotatable bonds is 5. The lowest BCUT2D eigenvalue weighted by atomic mass is 9.77. The zero-order valence-electron chi connectivity index (χ0n) is 13.2. The molecule has 3 unspecified atom stereocenters. The molecule has 0 bridgehead atoms. The second-order valence-corrected chi connectivity index (χ2v) is 6.48. The van der Waals surface area contributed by atoms with E-state index in [1.54, 1.807) is 0 Å². The molecule has 1 aromatic rings. The highest BCUT2D eigenvalue weighted by Crippen LogP contribution is 2.30. The summed E-state index contributed by atoms with van der Waals surface area (Å²) in [6.07, 6.45) is 5.10. The van der Waals surface area contributed by atoms with E-state index in [-0.39, 0.29) is 0 Å². The number of nitrogens with two attached hydrogens (primary N) is 1. The first-order chi connectivity index (χ1) is 9.58. The number of aromatic nitrogens is 1. The number of pyridine rings is 1. The Balaban J connectivity index is 1.88. The SMILES string of the molecule is CCC1CCC(N)C(CN(C)Cc2cccc(C)n2)C1. The minimum atomic E-state index is 0.380. The first-order valence-electron chi connectivity index (χ1n) is 7.95. The average Bonchev–Trinajstić information content (AvgIpc) is 2.41. The van der Waals surface area contributed by atoms with Gasteiger partial charge in [0.15, 0.2) is 0 Å². The van der Waals surface area contributed by atoms with Crippen molar-refractivity contribution in [2.75, 3.05) is 13.6 Å². The lowest BCUT2D eigenvalue weighted by Gasteiger charge is -2.36. The largest absolute Gasteiger partial charge is 0.327 e. The molecule has 1 aliphatic rings. The third-order valence-corrected chi connectivity index (χ3v) is 4.65. The quantitative estimate of drug-likeness (QED) is 0.898. The van der Waals surface area contributed by atoms with Crippen molar-refractivity contribution in [2.24, 2.45) is 17.6 Å². The summed E-state index contributed by atoms with van der Waals surface area (Å²) in [4.78, 5) is 6.96. The van der Waals surface area contributed by atoms with Crippen molar-refractivity contribution in [2.45, 2.75) is 52.1 Å². The predicted molar refractivity (Wildman–Crippen MR) is 84.4 cm³/mol. The molecule has 1 aliphatic carbocycles. The van der Waals surface area contributed by atoms with E-state index in [1.165, 1.54) is 25.7 Å². The van der Waals surface area contributed by atoms with Crippen LogP contribution in [0.2, 0.25) is 0 Å². The Kier molecular flexibility index (Phi) is 5.55. The van der Waals surface area contributed by atoms with Gasteiger partial charge in [-0.25, -0.2) is 0 Å². The molecule has 2 rings (SSSR count). The van der Waals surface area contributed by atoms with Crippen LogP contribution < -0.4 is 5.73 Å². The van der Waals surface area contributed by atoms with Crippen molar-refractivity contribution in [3.8, 4) is 0 Å². The predicted octanol–water partition coefficient (Wildman–Crippen LogP) is 2.98. The third-order valence-electron chi connectivity index (χ3n) is 4.65.